The topological polar surface area (TPSA) is 55.0 Å². The molecule has 16 heavy (non-hydrogen) atoms. The van der Waals surface area contributed by atoms with Crippen LogP contribution in [0.3, 0.4) is 0 Å². The molecule has 0 aromatic carbocycles. The Bertz CT molecular complexity index is 441. The summed E-state index contributed by atoms with van der Waals surface area (Å²) in [6.07, 6.45) is 3.28. The Morgan fingerprint density at radius 1 is 1.38 bits per heavy atom. The summed E-state index contributed by atoms with van der Waals surface area (Å²) in [4.78, 5) is 11.7. The van der Waals surface area contributed by atoms with Gasteiger partial charge in [-0.2, -0.15) is 0 Å². The summed E-state index contributed by atoms with van der Waals surface area (Å²) < 4.78 is 0. The Labute approximate surface area is 98.8 Å². The van der Waals surface area contributed by atoms with Crippen molar-refractivity contribution in [2.75, 3.05) is 17.2 Å². The standard InChI is InChI=1S/C11H14N4S/c1-2-15(8-9-4-3-7-16-9)11-10(12)13-5-6-14-11/h3-7H,2,8H2,1H3,(H2,12,13). The van der Waals surface area contributed by atoms with Crippen molar-refractivity contribution in [3.8, 4) is 0 Å². The second-order valence-electron chi connectivity index (χ2n) is 3.36. The van der Waals surface area contributed by atoms with E-state index >= 15 is 0 Å². The van der Waals surface area contributed by atoms with Gasteiger partial charge in [0.1, 0.15) is 0 Å². The van der Waals surface area contributed by atoms with Crippen LogP contribution in [0.2, 0.25) is 0 Å². The first-order valence-electron chi connectivity index (χ1n) is 5.15. The Hall–Kier alpha value is -1.62. The highest BCUT2D eigenvalue weighted by atomic mass is 32.1. The number of nitrogens with zero attached hydrogens (tertiary/aromatic N) is 3. The third-order valence-corrected chi connectivity index (χ3v) is 3.18. The number of aromatic nitrogens is 2. The molecule has 0 aliphatic carbocycles. The summed E-state index contributed by atoms with van der Waals surface area (Å²) in [5.74, 6) is 1.25. The lowest BCUT2D eigenvalue weighted by Gasteiger charge is -2.21. The largest absolute Gasteiger partial charge is 0.381 e. The van der Waals surface area contributed by atoms with Gasteiger partial charge in [0.25, 0.3) is 0 Å². The molecule has 0 bridgehead atoms. The molecular formula is C11H14N4S. The van der Waals surface area contributed by atoms with Gasteiger partial charge < -0.3 is 10.6 Å². The zero-order chi connectivity index (χ0) is 11.4. The van der Waals surface area contributed by atoms with E-state index in [1.165, 1.54) is 4.88 Å². The smallest absolute Gasteiger partial charge is 0.171 e. The number of nitrogens with two attached hydrogens (primary N) is 1. The number of hydrogen-bond acceptors (Lipinski definition) is 5. The average Bonchev–Trinajstić information content (AvgIpc) is 2.80. The maximum Gasteiger partial charge on any atom is 0.171 e. The number of nitrogen functional groups attached to an aromatic ring is 1. The lowest BCUT2D eigenvalue weighted by molar-refractivity contribution is 0.821. The van der Waals surface area contributed by atoms with Gasteiger partial charge in [-0.3, -0.25) is 0 Å². The van der Waals surface area contributed by atoms with Crippen LogP contribution < -0.4 is 10.6 Å². The molecule has 0 aliphatic rings. The van der Waals surface area contributed by atoms with Crippen LogP contribution in [0.5, 0.6) is 0 Å². The monoisotopic (exact) mass is 234 g/mol. The van der Waals surface area contributed by atoms with Crippen molar-refractivity contribution in [2.24, 2.45) is 0 Å². The minimum atomic E-state index is 0.487. The highest BCUT2D eigenvalue weighted by Gasteiger charge is 2.10. The summed E-state index contributed by atoms with van der Waals surface area (Å²) in [6, 6.07) is 4.16. The second kappa shape index (κ2) is 4.94. The molecule has 2 aromatic rings. The first-order chi connectivity index (χ1) is 7.81. The molecule has 4 nitrogen and oxygen atoms in total. The minimum absolute atomic E-state index is 0.487. The van der Waals surface area contributed by atoms with Crippen molar-refractivity contribution in [3.63, 3.8) is 0 Å². The molecule has 2 heterocycles. The van der Waals surface area contributed by atoms with Crippen molar-refractivity contribution >= 4 is 23.0 Å². The fourth-order valence-electron chi connectivity index (χ4n) is 1.51. The van der Waals surface area contributed by atoms with Crippen LogP contribution in [0.1, 0.15) is 11.8 Å². The molecule has 2 rings (SSSR count). The maximum atomic E-state index is 5.81. The molecule has 0 fully saturated rings. The first-order valence-corrected chi connectivity index (χ1v) is 6.03. The van der Waals surface area contributed by atoms with Gasteiger partial charge >= 0.3 is 0 Å². The highest BCUT2D eigenvalue weighted by Crippen LogP contribution is 2.20. The summed E-state index contributed by atoms with van der Waals surface area (Å²) in [5.41, 5.74) is 5.81. The zero-order valence-electron chi connectivity index (χ0n) is 9.13. The normalized spacial score (nSPS) is 10.3. The van der Waals surface area contributed by atoms with Crippen molar-refractivity contribution in [1.82, 2.24) is 9.97 Å². The van der Waals surface area contributed by atoms with Crippen molar-refractivity contribution < 1.29 is 0 Å². The number of hydrogen-bond donors (Lipinski definition) is 1. The van der Waals surface area contributed by atoms with Crippen LogP contribution in [0.4, 0.5) is 11.6 Å². The number of anilines is 2. The summed E-state index contributed by atoms with van der Waals surface area (Å²) in [5, 5.41) is 2.07. The second-order valence-corrected chi connectivity index (χ2v) is 4.39. The quantitative estimate of drug-likeness (QED) is 0.880. The van der Waals surface area contributed by atoms with Crippen LogP contribution >= 0.6 is 11.3 Å². The Morgan fingerprint density at radius 3 is 2.81 bits per heavy atom. The summed E-state index contributed by atoms with van der Waals surface area (Å²) in [6.45, 7) is 3.78. The van der Waals surface area contributed by atoms with Crippen LogP contribution in [-0.4, -0.2) is 16.5 Å². The number of rotatable bonds is 4. The van der Waals surface area contributed by atoms with Crippen LogP contribution in [-0.2, 0) is 6.54 Å². The molecule has 0 spiro atoms. The maximum absolute atomic E-state index is 5.81. The van der Waals surface area contributed by atoms with E-state index in [1.807, 2.05) is 6.07 Å². The molecule has 5 heteroatoms. The van der Waals surface area contributed by atoms with Crippen molar-refractivity contribution in [3.05, 3.63) is 34.8 Å². The Kier molecular flexibility index (Phi) is 3.36. The van der Waals surface area contributed by atoms with Gasteiger partial charge in [0.05, 0.1) is 6.54 Å². The van der Waals surface area contributed by atoms with E-state index in [9.17, 15) is 0 Å². The minimum Gasteiger partial charge on any atom is -0.381 e. The number of thiophene rings is 1. The first kappa shape index (κ1) is 10.9. The van der Waals surface area contributed by atoms with Gasteiger partial charge in [-0.25, -0.2) is 9.97 Å². The summed E-state index contributed by atoms with van der Waals surface area (Å²) >= 11 is 1.74. The molecule has 0 saturated heterocycles. The molecule has 0 atom stereocenters. The zero-order valence-corrected chi connectivity index (χ0v) is 9.94. The molecule has 2 aromatic heterocycles. The third kappa shape index (κ3) is 2.30. The Balaban J connectivity index is 2.20. The van der Waals surface area contributed by atoms with Crippen LogP contribution in [0, 0.1) is 0 Å². The Morgan fingerprint density at radius 2 is 2.19 bits per heavy atom. The fraction of sp³-hybridized carbons (Fsp3) is 0.273. The van der Waals surface area contributed by atoms with E-state index in [0.717, 1.165) is 18.9 Å². The van der Waals surface area contributed by atoms with E-state index < -0.39 is 0 Å². The van der Waals surface area contributed by atoms with Crippen molar-refractivity contribution in [1.29, 1.82) is 0 Å². The fourth-order valence-corrected chi connectivity index (χ4v) is 2.23. The molecule has 0 unspecified atom stereocenters. The van der Waals surface area contributed by atoms with Gasteiger partial charge in [0.15, 0.2) is 11.6 Å². The molecule has 0 aliphatic heterocycles. The van der Waals surface area contributed by atoms with Gasteiger partial charge in [-0.15, -0.1) is 11.3 Å². The predicted octanol–water partition coefficient (Wildman–Crippen LogP) is 2.15. The van der Waals surface area contributed by atoms with E-state index in [4.69, 9.17) is 5.73 Å². The summed E-state index contributed by atoms with van der Waals surface area (Å²) in [7, 11) is 0. The van der Waals surface area contributed by atoms with Crippen molar-refractivity contribution in [2.45, 2.75) is 13.5 Å². The molecule has 0 radical (unpaired) electrons. The van der Waals surface area contributed by atoms with Gasteiger partial charge in [0, 0.05) is 23.8 Å². The van der Waals surface area contributed by atoms with E-state index in [1.54, 1.807) is 23.7 Å². The third-order valence-electron chi connectivity index (χ3n) is 2.31. The molecule has 0 amide bonds. The van der Waals surface area contributed by atoms with Crippen LogP contribution in [0.15, 0.2) is 29.9 Å². The predicted molar refractivity (Wildman–Crippen MR) is 67.5 cm³/mol. The highest BCUT2D eigenvalue weighted by molar-refractivity contribution is 7.09. The molecule has 2 N–H and O–H groups in total. The molecule has 84 valence electrons. The lowest BCUT2D eigenvalue weighted by atomic mass is 10.4. The molecular weight excluding hydrogens is 220 g/mol. The van der Waals surface area contributed by atoms with E-state index in [-0.39, 0.29) is 0 Å². The average molecular weight is 234 g/mol. The SMILES string of the molecule is CCN(Cc1cccs1)c1nccnc1N. The molecule has 0 saturated carbocycles. The van der Waals surface area contributed by atoms with Crippen LogP contribution in [0.25, 0.3) is 0 Å². The lowest BCUT2D eigenvalue weighted by Crippen LogP contribution is -2.24. The van der Waals surface area contributed by atoms with E-state index in [0.29, 0.717) is 5.82 Å². The van der Waals surface area contributed by atoms with Gasteiger partial charge in [-0.1, -0.05) is 6.07 Å². The van der Waals surface area contributed by atoms with Gasteiger partial charge in [-0.05, 0) is 18.4 Å². The van der Waals surface area contributed by atoms with E-state index in [2.05, 4.69) is 33.2 Å². The van der Waals surface area contributed by atoms with Gasteiger partial charge in [0.2, 0.25) is 0 Å².